The van der Waals surface area contributed by atoms with Gasteiger partial charge in [0.2, 0.25) is 17.7 Å². The first-order valence-corrected chi connectivity index (χ1v) is 12.2. The number of aliphatic carboxylic acids is 3. The van der Waals surface area contributed by atoms with E-state index in [-0.39, 0.29) is 44.6 Å². The third-order valence-corrected chi connectivity index (χ3v) is 5.46. The summed E-state index contributed by atoms with van der Waals surface area (Å²) in [6.07, 6.45) is 1.17. The van der Waals surface area contributed by atoms with Gasteiger partial charge in [-0.2, -0.15) is 0 Å². The van der Waals surface area contributed by atoms with Gasteiger partial charge in [0, 0.05) is 37.7 Å². The molecule has 40 heavy (non-hydrogen) atoms. The number of amides is 3. The topological polar surface area (TPSA) is 318 Å². The van der Waals surface area contributed by atoms with E-state index in [4.69, 9.17) is 27.4 Å². The third kappa shape index (κ3) is 13.2. The second kappa shape index (κ2) is 17.0. The van der Waals surface area contributed by atoms with Gasteiger partial charge in [0.25, 0.3) is 0 Å². The molecule has 0 fully saturated rings. The Kier molecular flexibility index (Phi) is 14.1. The fourth-order valence-electron chi connectivity index (χ4n) is 3.36. The molecule has 0 aliphatic carbocycles. The first kappa shape index (κ1) is 33.3. The molecule has 0 spiro atoms. The van der Waals surface area contributed by atoms with E-state index in [1.807, 2.05) is 0 Å². The quantitative estimate of drug-likeness (QED) is 0.0441. The van der Waals surface area contributed by atoms with Crippen LogP contribution in [0, 0.1) is 0 Å². The Morgan fingerprint density at radius 1 is 0.850 bits per heavy atom. The molecule has 222 valence electrons. The van der Waals surface area contributed by atoms with Crippen molar-refractivity contribution in [1.82, 2.24) is 25.9 Å². The molecule has 0 aliphatic heterocycles. The number of carbonyl (C=O) groups is 6. The van der Waals surface area contributed by atoms with Crippen LogP contribution in [0.2, 0.25) is 0 Å². The maximum Gasteiger partial charge on any atom is 0.326 e. The Morgan fingerprint density at radius 3 is 1.98 bits per heavy atom. The molecule has 4 unspecified atom stereocenters. The van der Waals surface area contributed by atoms with E-state index in [1.54, 1.807) is 0 Å². The van der Waals surface area contributed by atoms with Crippen molar-refractivity contribution in [2.75, 3.05) is 6.54 Å². The highest BCUT2D eigenvalue weighted by Crippen LogP contribution is 2.06. The SMILES string of the molecule is NC(N)=NCCCC(NC(=O)C(Cc1cnc[nH]1)NC(=O)C(CCC(=O)O)NC(=O)C(N)CCC(=O)O)C(=O)O. The number of carboxylic acids is 3. The van der Waals surface area contributed by atoms with E-state index in [0.717, 1.165) is 0 Å². The lowest BCUT2D eigenvalue weighted by Crippen LogP contribution is -2.57. The number of carboxylic acid groups (broad SMARTS) is 3. The number of rotatable bonds is 19. The van der Waals surface area contributed by atoms with Gasteiger partial charge >= 0.3 is 17.9 Å². The number of aromatic amines is 1. The zero-order valence-electron chi connectivity index (χ0n) is 21.5. The monoisotopic (exact) mass is 569 g/mol. The van der Waals surface area contributed by atoms with Crippen LogP contribution in [0.5, 0.6) is 0 Å². The predicted molar refractivity (Wildman–Crippen MR) is 137 cm³/mol. The molecule has 18 nitrogen and oxygen atoms in total. The molecule has 18 heteroatoms. The van der Waals surface area contributed by atoms with Gasteiger partial charge < -0.3 is 53.5 Å². The minimum Gasteiger partial charge on any atom is -0.481 e. The van der Waals surface area contributed by atoms with Crippen molar-refractivity contribution in [3.63, 3.8) is 0 Å². The highest BCUT2D eigenvalue weighted by molar-refractivity contribution is 5.94. The lowest BCUT2D eigenvalue weighted by molar-refractivity contribution is -0.142. The van der Waals surface area contributed by atoms with Crippen molar-refractivity contribution in [2.45, 2.75) is 69.1 Å². The number of imidazole rings is 1. The van der Waals surface area contributed by atoms with Crippen molar-refractivity contribution in [1.29, 1.82) is 0 Å². The van der Waals surface area contributed by atoms with Gasteiger partial charge in [0.15, 0.2) is 5.96 Å². The molecular formula is C22H35N9O9. The van der Waals surface area contributed by atoms with Crippen LogP contribution >= 0.6 is 0 Å². The van der Waals surface area contributed by atoms with Crippen molar-refractivity contribution >= 4 is 41.6 Å². The van der Waals surface area contributed by atoms with Crippen LogP contribution in [0.1, 0.15) is 44.2 Å². The molecule has 13 N–H and O–H groups in total. The van der Waals surface area contributed by atoms with Gasteiger partial charge in [0.1, 0.15) is 18.1 Å². The lowest BCUT2D eigenvalue weighted by Gasteiger charge is -2.25. The van der Waals surface area contributed by atoms with Gasteiger partial charge in [-0.15, -0.1) is 0 Å². The summed E-state index contributed by atoms with van der Waals surface area (Å²) < 4.78 is 0. The van der Waals surface area contributed by atoms with E-state index in [2.05, 4.69) is 30.9 Å². The number of hydrogen-bond donors (Lipinski definition) is 10. The molecule has 0 radical (unpaired) electrons. The van der Waals surface area contributed by atoms with Crippen LogP contribution in [-0.2, 0) is 35.2 Å². The molecular weight excluding hydrogens is 534 g/mol. The highest BCUT2D eigenvalue weighted by Gasteiger charge is 2.31. The van der Waals surface area contributed by atoms with E-state index in [9.17, 15) is 33.9 Å². The number of nitrogens with zero attached hydrogens (tertiary/aromatic N) is 2. The number of guanidine groups is 1. The standard InChI is InChI=1S/C22H35N9O9/c23-12(3-5-16(32)33)18(36)29-13(4-6-17(34)35)19(37)31-15(8-11-9-26-10-28-11)20(38)30-14(21(39)40)2-1-7-27-22(24)25/h9-10,12-15H,1-8,23H2,(H,26,28)(H,29,36)(H,30,38)(H,31,37)(H,32,33)(H,34,35)(H,39,40)(H4,24,25,27). The minimum absolute atomic E-state index is 0.0336. The maximum atomic E-state index is 13.1. The Hall–Kier alpha value is -4.74. The second-order valence-electron chi connectivity index (χ2n) is 8.72. The van der Waals surface area contributed by atoms with Crippen molar-refractivity contribution in [2.24, 2.45) is 22.2 Å². The fraction of sp³-hybridized carbons (Fsp3) is 0.545. The van der Waals surface area contributed by atoms with Gasteiger partial charge in [-0.25, -0.2) is 9.78 Å². The van der Waals surface area contributed by atoms with Gasteiger partial charge in [-0.1, -0.05) is 0 Å². The van der Waals surface area contributed by atoms with E-state index >= 15 is 0 Å². The van der Waals surface area contributed by atoms with Crippen LogP contribution in [0.3, 0.4) is 0 Å². The number of aromatic nitrogens is 2. The molecule has 0 bridgehead atoms. The molecule has 3 amide bonds. The molecule has 1 heterocycles. The predicted octanol–water partition coefficient (Wildman–Crippen LogP) is -3.40. The van der Waals surface area contributed by atoms with Crippen LogP contribution in [0.4, 0.5) is 0 Å². The summed E-state index contributed by atoms with van der Waals surface area (Å²) in [5.74, 6) is -6.69. The van der Waals surface area contributed by atoms with E-state index in [1.165, 1.54) is 12.5 Å². The average molecular weight is 570 g/mol. The van der Waals surface area contributed by atoms with Gasteiger partial charge in [-0.3, -0.25) is 29.0 Å². The molecule has 4 atom stereocenters. The summed E-state index contributed by atoms with van der Waals surface area (Å²) in [7, 11) is 0. The summed E-state index contributed by atoms with van der Waals surface area (Å²) >= 11 is 0. The van der Waals surface area contributed by atoms with Crippen LogP contribution in [-0.4, -0.2) is 97.6 Å². The third-order valence-electron chi connectivity index (χ3n) is 5.46. The summed E-state index contributed by atoms with van der Waals surface area (Å²) in [5.41, 5.74) is 16.6. The average Bonchev–Trinajstić information content (AvgIpc) is 3.38. The Labute approximate surface area is 228 Å². The summed E-state index contributed by atoms with van der Waals surface area (Å²) in [6, 6.07) is -5.46. The second-order valence-corrected chi connectivity index (χ2v) is 8.72. The largest absolute Gasteiger partial charge is 0.481 e. The maximum absolute atomic E-state index is 13.1. The highest BCUT2D eigenvalue weighted by atomic mass is 16.4. The summed E-state index contributed by atoms with van der Waals surface area (Å²) in [5, 5.41) is 34.4. The lowest BCUT2D eigenvalue weighted by atomic mass is 10.1. The normalized spacial score (nSPS) is 13.6. The van der Waals surface area contributed by atoms with Gasteiger partial charge in [-0.05, 0) is 25.7 Å². The van der Waals surface area contributed by atoms with Crippen molar-refractivity contribution < 1.29 is 44.1 Å². The van der Waals surface area contributed by atoms with E-state index in [0.29, 0.717) is 5.69 Å². The van der Waals surface area contributed by atoms with Crippen molar-refractivity contribution in [3.05, 3.63) is 18.2 Å². The number of hydrogen-bond acceptors (Lipinski definition) is 9. The summed E-state index contributed by atoms with van der Waals surface area (Å²) in [6.45, 7) is 0.121. The number of carbonyl (C=O) groups excluding carboxylic acids is 3. The summed E-state index contributed by atoms with van der Waals surface area (Å²) in [4.78, 5) is 82.5. The van der Waals surface area contributed by atoms with Crippen molar-refractivity contribution in [3.8, 4) is 0 Å². The molecule has 0 aromatic carbocycles. The minimum atomic E-state index is -1.45. The van der Waals surface area contributed by atoms with Gasteiger partial charge in [0.05, 0.1) is 12.4 Å². The fourth-order valence-corrected chi connectivity index (χ4v) is 3.36. The number of aliphatic imine (C=N–C) groups is 1. The molecule has 1 rings (SSSR count). The smallest absolute Gasteiger partial charge is 0.326 e. The Bertz CT molecular complexity index is 1060. The molecule has 0 saturated heterocycles. The number of H-pyrrole nitrogens is 1. The Morgan fingerprint density at radius 2 is 1.43 bits per heavy atom. The first-order chi connectivity index (χ1) is 18.8. The molecule has 0 aliphatic rings. The molecule has 1 aromatic heterocycles. The number of nitrogens with two attached hydrogens (primary N) is 3. The van der Waals surface area contributed by atoms with Crippen LogP contribution in [0.25, 0.3) is 0 Å². The van der Waals surface area contributed by atoms with E-state index < -0.39 is 72.6 Å². The molecule has 0 saturated carbocycles. The van der Waals surface area contributed by atoms with Crippen LogP contribution in [0.15, 0.2) is 17.5 Å². The number of nitrogens with one attached hydrogen (secondary N) is 4. The van der Waals surface area contributed by atoms with Crippen LogP contribution < -0.4 is 33.2 Å². The first-order valence-electron chi connectivity index (χ1n) is 12.2. The zero-order valence-corrected chi connectivity index (χ0v) is 21.5. The molecule has 1 aromatic rings. The zero-order chi connectivity index (χ0) is 30.2. The Balaban J connectivity index is 3.05.